The summed E-state index contributed by atoms with van der Waals surface area (Å²) < 4.78 is 33.1. The van der Waals surface area contributed by atoms with Crippen LogP contribution in [-0.4, -0.2) is 33.2 Å². The number of carbonyl (C=O) groups excluding carboxylic acids is 1. The van der Waals surface area contributed by atoms with Gasteiger partial charge in [0.25, 0.3) is 9.05 Å². The zero-order valence-electron chi connectivity index (χ0n) is 12.5. The van der Waals surface area contributed by atoms with E-state index in [2.05, 4.69) is 0 Å². The van der Waals surface area contributed by atoms with E-state index in [0.29, 0.717) is 5.56 Å². The van der Waals surface area contributed by atoms with Crippen molar-refractivity contribution in [3.63, 3.8) is 0 Å². The minimum atomic E-state index is -3.89. The zero-order valence-corrected chi connectivity index (χ0v) is 14.0. The molecule has 0 amide bonds. The number of ether oxygens (including phenoxy) is 2. The molecule has 0 N–H and O–H groups in total. The van der Waals surface area contributed by atoms with Gasteiger partial charge in [-0.2, -0.15) is 0 Å². The summed E-state index contributed by atoms with van der Waals surface area (Å²) in [7, 11) is 1.40. The highest BCUT2D eigenvalue weighted by molar-refractivity contribution is 8.13. The number of rotatable bonds is 5. The number of halogens is 1. The molecule has 0 bridgehead atoms. The third-order valence-corrected chi connectivity index (χ3v) is 3.75. The molecule has 0 fully saturated rings. The van der Waals surface area contributed by atoms with Gasteiger partial charge in [0.2, 0.25) is 0 Å². The highest BCUT2D eigenvalue weighted by atomic mass is 35.7. The fourth-order valence-corrected chi connectivity index (χ4v) is 2.43. The summed E-state index contributed by atoms with van der Waals surface area (Å²) in [6.45, 7) is 7.72. The van der Waals surface area contributed by atoms with Gasteiger partial charge in [-0.15, -0.1) is 0 Å². The highest BCUT2D eigenvalue weighted by Crippen LogP contribution is 2.19. The van der Waals surface area contributed by atoms with E-state index in [9.17, 15) is 13.2 Å². The van der Waals surface area contributed by atoms with Gasteiger partial charge in [-0.1, -0.05) is 0 Å². The SMILES string of the molecule is Cc1cc(C(=O)OCCOC(C)(C)C)cc(S(=O)(=O)Cl)c1. The van der Waals surface area contributed by atoms with E-state index < -0.39 is 15.0 Å². The molecule has 0 saturated carbocycles. The maximum absolute atomic E-state index is 11.9. The third-order valence-electron chi connectivity index (χ3n) is 2.42. The Morgan fingerprint density at radius 2 is 1.81 bits per heavy atom. The topological polar surface area (TPSA) is 69.7 Å². The van der Waals surface area contributed by atoms with Crippen molar-refractivity contribution in [3.05, 3.63) is 29.3 Å². The maximum atomic E-state index is 11.9. The van der Waals surface area contributed by atoms with Crippen molar-refractivity contribution in [2.24, 2.45) is 0 Å². The van der Waals surface area contributed by atoms with Crippen LogP contribution in [-0.2, 0) is 18.5 Å². The summed E-state index contributed by atoms with van der Waals surface area (Å²) >= 11 is 0. The number of aryl methyl sites for hydroxylation is 1. The van der Waals surface area contributed by atoms with Crippen LogP contribution < -0.4 is 0 Å². The zero-order chi connectivity index (χ0) is 16.3. The van der Waals surface area contributed by atoms with Crippen molar-refractivity contribution in [2.45, 2.75) is 38.2 Å². The minimum absolute atomic E-state index is 0.0903. The van der Waals surface area contributed by atoms with Gasteiger partial charge in [-0.05, 0) is 51.5 Å². The molecule has 21 heavy (non-hydrogen) atoms. The van der Waals surface area contributed by atoms with Crippen molar-refractivity contribution in [3.8, 4) is 0 Å². The van der Waals surface area contributed by atoms with E-state index in [1.807, 2.05) is 20.8 Å². The lowest BCUT2D eigenvalue weighted by atomic mass is 10.1. The average Bonchev–Trinajstić information content (AvgIpc) is 2.31. The van der Waals surface area contributed by atoms with Gasteiger partial charge in [-0.25, -0.2) is 13.2 Å². The number of esters is 1. The van der Waals surface area contributed by atoms with Gasteiger partial charge in [0, 0.05) is 10.7 Å². The van der Waals surface area contributed by atoms with Crippen LogP contribution in [0.5, 0.6) is 0 Å². The Morgan fingerprint density at radius 3 is 2.33 bits per heavy atom. The molecule has 0 atom stereocenters. The summed E-state index contributed by atoms with van der Waals surface area (Å²) in [4.78, 5) is 11.8. The summed E-state index contributed by atoms with van der Waals surface area (Å²) in [6, 6.07) is 4.13. The third kappa shape index (κ3) is 6.46. The van der Waals surface area contributed by atoms with Crippen molar-refractivity contribution in [1.29, 1.82) is 0 Å². The van der Waals surface area contributed by atoms with Crippen LogP contribution in [0.3, 0.4) is 0 Å². The number of benzene rings is 1. The molecular weight excluding hydrogens is 316 g/mol. The van der Waals surface area contributed by atoms with Crippen LogP contribution in [0.25, 0.3) is 0 Å². The van der Waals surface area contributed by atoms with Gasteiger partial charge in [0.15, 0.2) is 0 Å². The largest absolute Gasteiger partial charge is 0.460 e. The lowest BCUT2D eigenvalue weighted by Crippen LogP contribution is -2.22. The molecule has 0 heterocycles. The van der Waals surface area contributed by atoms with Crippen molar-refractivity contribution in [2.75, 3.05) is 13.2 Å². The summed E-state index contributed by atoms with van der Waals surface area (Å²) in [5.74, 6) is -0.613. The molecule has 7 heteroatoms. The second kappa shape index (κ2) is 6.77. The average molecular weight is 335 g/mol. The van der Waals surface area contributed by atoms with E-state index in [4.69, 9.17) is 20.2 Å². The number of carbonyl (C=O) groups is 1. The van der Waals surface area contributed by atoms with Gasteiger partial charge >= 0.3 is 5.97 Å². The summed E-state index contributed by atoms with van der Waals surface area (Å²) in [6.07, 6.45) is 0. The second-order valence-electron chi connectivity index (χ2n) is 5.57. The van der Waals surface area contributed by atoms with Gasteiger partial charge in [0.05, 0.1) is 22.7 Å². The first kappa shape index (κ1) is 17.9. The molecular formula is C14H19ClO5S. The predicted molar refractivity (Wildman–Crippen MR) is 80.2 cm³/mol. The minimum Gasteiger partial charge on any atom is -0.460 e. The van der Waals surface area contributed by atoms with Crippen molar-refractivity contribution < 1.29 is 22.7 Å². The molecule has 0 unspecified atom stereocenters. The molecule has 1 aromatic carbocycles. The second-order valence-corrected chi connectivity index (χ2v) is 8.14. The van der Waals surface area contributed by atoms with E-state index >= 15 is 0 Å². The van der Waals surface area contributed by atoms with Gasteiger partial charge in [0.1, 0.15) is 6.61 Å². The van der Waals surface area contributed by atoms with E-state index in [1.54, 1.807) is 13.0 Å². The van der Waals surface area contributed by atoms with Crippen LogP contribution in [0, 0.1) is 6.92 Å². The predicted octanol–water partition coefficient (Wildman–Crippen LogP) is 2.89. The van der Waals surface area contributed by atoms with Crippen LogP contribution in [0.15, 0.2) is 23.1 Å². The standard InChI is InChI=1S/C14H19ClO5S/c1-10-7-11(9-12(8-10)21(15,17)18)13(16)19-5-6-20-14(2,3)4/h7-9H,5-6H2,1-4H3. The highest BCUT2D eigenvalue weighted by Gasteiger charge is 2.16. The molecule has 0 aliphatic heterocycles. The molecule has 5 nitrogen and oxygen atoms in total. The summed E-state index contributed by atoms with van der Waals surface area (Å²) in [5.41, 5.74) is 0.440. The van der Waals surface area contributed by atoms with E-state index in [-0.39, 0.29) is 29.3 Å². The van der Waals surface area contributed by atoms with Gasteiger partial charge in [-0.3, -0.25) is 0 Å². The molecule has 1 rings (SSSR count). The monoisotopic (exact) mass is 334 g/mol. The Morgan fingerprint density at radius 1 is 1.19 bits per heavy atom. The molecule has 0 aliphatic rings. The molecule has 0 spiro atoms. The smallest absolute Gasteiger partial charge is 0.338 e. The van der Waals surface area contributed by atoms with E-state index in [0.717, 1.165) is 0 Å². The molecule has 118 valence electrons. The fourth-order valence-electron chi connectivity index (χ4n) is 1.57. The normalized spacial score (nSPS) is 12.2. The molecule has 1 aromatic rings. The summed E-state index contributed by atoms with van der Waals surface area (Å²) in [5, 5.41) is 0. The van der Waals surface area contributed by atoms with E-state index in [1.165, 1.54) is 12.1 Å². The maximum Gasteiger partial charge on any atom is 0.338 e. The van der Waals surface area contributed by atoms with Crippen molar-refractivity contribution in [1.82, 2.24) is 0 Å². The Balaban J connectivity index is 2.73. The Bertz CT molecular complexity index is 617. The lowest BCUT2D eigenvalue weighted by Gasteiger charge is -2.19. The molecule has 0 radical (unpaired) electrons. The number of hydrogen-bond acceptors (Lipinski definition) is 5. The molecule has 0 aromatic heterocycles. The lowest BCUT2D eigenvalue weighted by molar-refractivity contribution is -0.0281. The Labute approximate surface area is 129 Å². The van der Waals surface area contributed by atoms with Crippen molar-refractivity contribution >= 4 is 25.7 Å². The Hall–Kier alpha value is -1.11. The van der Waals surface area contributed by atoms with Crippen LogP contribution in [0.2, 0.25) is 0 Å². The fraction of sp³-hybridized carbons (Fsp3) is 0.500. The first-order valence-corrected chi connectivity index (χ1v) is 8.67. The molecule has 0 aliphatic carbocycles. The van der Waals surface area contributed by atoms with Gasteiger partial charge < -0.3 is 9.47 Å². The van der Waals surface area contributed by atoms with Crippen LogP contribution in [0.1, 0.15) is 36.7 Å². The first-order valence-electron chi connectivity index (χ1n) is 6.36. The van der Waals surface area contributed by atoms with Crippen LogP contribution in [0.4, 0.5) is 0 Å². The Kier molecular flexibility index (Phi) is 5.78. The first-order chi connectivity index (χ1) is 9.49. The quantitative estimate of drug-likeness (QED) is 0.470. The van der Waals surface area contributed by atoms with Crippen LogP contribution >= 0.6 is 10.7 Å². The number of hydrogen-bond donors (Lipinski definition) is 0. The molecule has 0 saturated heterocycles.